The summed E-state index contributed by atoms with van der Waals surface area (Å²) in [5.41, 5.74) is 0.0294. The van der Waals surface area contributed by atoms with E-state index in [2.05, 4.69) is 27.7 Å². The summed E-state index contributed by atoms with van der Waals surface area (Å²) < 4.78 is 0. The predicted molar refractivity (Wildman–Crippen MR) is 90.4 cm³/mol. The molecule has 0 aromatic heterocycles. The number of aliphatic hydroxyl groups is 3. The third kappa shape index (κ3) is 13.8. The number of hydrogen-bond donors (Lipinski definition) is 3. The smallest absolute Gasteiger partial charge is 0.0540 e. The Bertz CT molecular complexity index is 218. The molecule has 0 bridgehead atoms. The van der Waals surface area contributed by atoms with Crippen molar-refractivity contribution in [2.75, 3.05) is 13.2 Å². The van der Waals surface area contributed by atoms with Crippen LogP contribution in [0, 0.1) is 10.8 Å². The fourth-order valence-corrected chi connectivity index (χ4v) is 2.27. The minimum atomic E-state index is -0.190. The van der Waals surface area contributed by atoms with Crippen molar-refractivity contribution in [3.63, 3.8) is 0 Å². The first-order valence-corrected chi connectivity index (χ1v) is 8.12. The van der Waals surface area contributed by atoms with E-state index < -0.39 is 0 Å². The van der Waals surface area contributed by atoms with Gasteiger partial charge in [-0.1, -0.05) is 53.4 Å². The Balaban J connectivity index is 0. The van der Waals surface area contributed by atoms with E-state index >= 15 is 0 Å². The van der Waals surface area contributed by atoms with Crippen LogP contribution < -0.4 is 0 Å². The van der Waals surface area contributed by atoms with Gasteiger partial charge in [0.2, 0.25) is 0 Å². The van der Waals surface area contributed by atoms with E-state index in [0.29, 0.717) is 0 Å². The number of aliphatic hydroxyl groups excluding tert-OH is 3. The molecule has 0 aliphatic heterocycles. The van der Waals surface area contributed by atoms with E-state index in [1.807, 2.05) is 0 Å². The molecule has 0 unspecified atom stereocenters. The van der Waals surface area contributed by atoms with Gasteiger partial charge in [0.25, 0.3) is 0 Å². The molecule has 0 fully saturated rings. The van der Waals surface area contributed by atoms with Crippen LogP contribution in [0.5, 0.6) is 0 Å². The summed E-state index contributed by atoms with van der Waals surface area (Å²) in [7, 11) is 0. The average molecular weight is 295 g/mol. The molecule has 0 aliphatic rings. The Labute approximate surface area is 143 Å². The molecular formula is C17H36LiO3. The van der Waals surface area contributed by atoms with Crippen molar-refractivity contribution in [2.45, 2.75) is 85.2 Å². The first-order valence-electron chi connectivity index (χ1n) is 8.12. The molecule has 1 radical (unpaired) electrons. The maximum atomic E-state index is 9.92. The molecule has 0 saturated carbocycles. The molecule has 3 nitrogen and oxygen atoms in total. The zero-order valence-electron chi connectivity index (χ0n) is 15.0. The van der Waals surface area contributed by atoms with Gasteiger partial charge < -0.3 is 15.3 Å². The molecule has 0 amide bonds. The minimum Gasteiger partial charge on any atom is -0.396 e. The zero-order chi connectivity index (χ0) is 15.6. The van der Waals surface area contributed by atoms with E-state index in [-0.39, 0.29) is 49.0 Å². The van der Waals surface area contributed by atoms with Gasteiger partial charge in [-0.2, -0.15) is 0 Å². The Morgan fingerprint density at radius 3 is 1.33 bits per heavy atom. The normalized spacial score (nSPS) is 12.6. The summed E-state index contributed by atoms with van der Waals surface area (Å²) in [5, 5.41) is 28.3. The minimum absolute atomic E-state index is 0. The fraction of sp³-hybridized carbons (Fsp3) is 1.00. The molecule has 0 saturated heterocycles. The third-order valence-electron chi connectivity index (χ3n) is 4.14. The largest absolute Gasteiger partial charge is 0.396 e. The number of rotatable bonds is 12. The van der Waals surface area contributed by atoms with Crippen LogP contribution in [0.1, 0.15) is 79.1 Å². The van der Waals surface area contributed by atoms with Crippen molar-refractivity contribution in [1.29, 1.82) is 0 Å². The average Bonchev–Trinajstić information content (AvgIpc) is 2.40. The van der Waals surface area contributed by atoms with Gasteiger partial charge in [0.15, 0.2) is 0 Å². The summed E-state index contributed by atoms with van der Waals surface area (Å²) in [5.74, 6) is 0. The third-order valence-corrected chi connectivity index (χ3v) is 4.14. The van der Waals surface area contributed by atoms with Gasteiger partial charge in [-0.3, -0.25) is 0 Å². The predicted octanol–water partition coefficient (Wildman–Crippen LogP) is 3.12. The Kier molecular flexibility index (Phi) is 13.5. The van der Waals surface area contributed by atoms with Gasteiger partial charge in [0, 0.05) is 32.1 Å². The van der Waals surface area contributed by atoms with Crippen LogP contribution in [-0.2, 0) is 0 Å². The quantitative estimate of drug-likeness (QED) is 0.383. The molecule has 3 N–H and O–H groups in total. The molecule has 0 atom stereocenters. The number of hydrogen-bond acceptors (Lipinski definition) is 3. The van der Waals surface area contributed by atoms with Crippen molar-refractivity contribution < 1.29 is 15.3 Å². The van der Waals surface area contributed by atoms with Gasteiger partial charge in [-0.05, 0) is 36.5 Å². The van der Waals surface area contributed by atoms with Crippen molar-refractivity contribution in [2.24, 2.45) is 10.8 Å². The van der Waals surface area contributed by atoms with Crippen molar-refractivity contribution in [3.8, 4) is 0 Å². The van der Waals surface area contributed by atoms with Gasteiger partial charge in [-0.25, -0.2) is 0 Å². The van der Waals surface area contributed by atoms with Crippen LogP contribution in [0.15, 0.2) is 0 Å². The van der Waals surface area contributed by atoms with Gasteiger partial charge in [0.05, 0.1) is 6.10 Å². The van der Waals surface area contributed by atoms with E-state index in [0.717, 1.165) is 51.4 Å². The van der Waals surface area contributed by atoms with Crippen LogP contribution in [0.4, 0.5) is 0 Å². The second kappa shape index (κ2) is 12.0. The molecular weight excluding hydrogens is 259 g/mol. The molecule has 0 spiro atoms. The van der Waals surface area contributed by atoms with Crippen LogP contribution in [-0.4, -0.2) is 53.5 Å². The molecule has 0 aromatic rings. The topological polar surface area (TPSA) is 60.7 Å². The van der Waals surface area contributed by atoms with Crippen LogP contribution in [0.25, 0.3) is 0 Å². The number of unbranched alkanes of at least 4 members (excludes halogenated alkanes) is 2. The van der Waals surface area contributed by atoms with Crippen molar-refractivity contribution in [1.82, 2.24) is 0 Å². The summed E-state index contributed by atoms with van der Waals surface area (Å²) in [4.78, 5) is 0. The Hall–Kier alpha value is 0.477. The molecule has 21 heavy (non-hydrogen) atoms. The Morgan fingerprint density at radius 2 is 1.05 bits per heavy atom. The molecule has 4 heteroatoms. The monoisotopic (exact) mass is 295 g/mol. The molecule has 0 rings (SSSR count). The van der Waals surface area contributed by atoms with E-state index in [1.54, 1.807) is 0 Å². The standard InChI is InChI=1S/C17H36O3.Li/c1-16(2,13-18)11-7-5-9-15(20)10-6-8-12-17(3,4)14-19;/h15,18-20H,5-14H2,1-4H3;. The van der Waals surface area contributed by atoms with Crippen LogP contribution in [0.3, 0.4) is 0 Å². The first-order chi connectivity index (χ1) is 9.22. The first kappa shape index (κ1) is 23.7. The van der Waals surface area contributed by atoms with Gasteiger partial charge in [0.1, 0.15) is 0 Å². The maximum absolute atomic E-state index is 9.92. The molecule has 0 heterocycles. The second-order valence-electron chi connectivity index (χ2n) is 7.79. The molecule has 0 aliphatic carbocycles. The molecule has 123 valence electrons. The van der Waals surface area contributed by atoms with Crippen molar-refractivity contribution in [3.05, 3.63) is 0 Å². The zero-order valence-corrected chi connectivity index (χ0v) is 15.0. The summed E-state index contributed by atoms with van der Waals surface area (Å²) in [6, 6.07) is 0. The fourth-order valence-electron chi connectivity index (χ4n) is 2.27. The van der Waals surface area contributed by atoms with Crippen molar-refractivity contribution >= 4 is 18.9 Å². The SMILES string of the molecule is CC(C)(CO)CCCCC(O)CCCCC(C)(C)CO.[Li]. The van der Waals surface area contributed by atoms with Gasteiger partial charge in [-0.15, -0.1) is 0 Å². The summed E-state index contributed by atoms with van der Waals surface area (Å²) in [6.45, 7) is 8.77. The summed E-state index contributed by atoms with van der Waals surface area (Å²) >= 11 is 0. The van der Waals surface area contributed by atoms with Crippen LogP contribution in [0.2, 0.25) is 0 Å². The van der Waals surface area contributed by atoms with E-state index in [9.17, 15) is 5.11 Å². The second-order valence-corrected chi connectivity index (χ2v) is 7.79. The Morgan fingerprint density at radius 1 is 0.714 bits per heavy atom. The van der Waals surface area contributed by atoms with E-state index in [1.165, 1.54) is 0 Å². The summed E-state index contributed by atoms with van der Waals surface area (Å²) in [6.07, 6.45) is 7.78. The van der Waals surface area contributed by atoms with Gasteiger partial charge >= 0.3 is 0 Å². The van der Waals surface area contributed by atoms with Crippen LogP contribution >= 0.6 is 0 Å². The van der Waals surface area contributed by atoms with E-state index in [4.69, 9.17) is 10.2 Å². The molecule has 0 aromatic carbocycles. The maximum Gasteiger partial charge on any atom is 0.0540 e.